The summed E-state index contributed by atoms with van der Waals surface area (Å²) in [5, 5.41) is 15.5. The van der Waals surface area contributed by atoms with Crippen LogP contribution >= 0.6 is 27.5 Å². The van der Waals surface area contributed by atoms with Crippen LogP contribution in [0, 0.1) is 0 Å². The molecule has 3 rings (SSSR count). The molecule has 1 aliphatic rings. The second-order valence-corrected chi connectivity index (χ2v) is 6.58. The molecule has 0 bridgehead atoms. The Balaban J connectivity index is 2.07. The minimum absolute atomic E-state index is 0.0126. The van der Waals surface area contributed by atoms with E-state index in [0.29, 0.717) is 11.4 Å². The lowest BCUT2D eigenvalue weighted by Gasteiger charge is -2.23. The van der Waals surface area contributed by atoms with Gasteiger partial charge < -0.3 is 9.84 Å². The lowest BCUT2D eigenvalue weighted by Crippen LogP contribution is -2.19. The lowest BCUT2D eigenvalue weighted by atomic mass is 10.1. The van der Waals surface area contributed by atoms with Crippen molar-refractivity contribution in [2.45, 2.75) is 38.3 Å². The highest BCUT2D eigenvalue weighted by Gasteiger charge is 2.21. The number of aryl methyl sites for hydroxylation is 1. The molecule has 1 fully saturated rings. The van der Waals surface area contributed by atoms with Crippen molar-refractivity contribution >= 4 is 38.4 Å². The fourth-order valence-electron chi connectivity index (χ4n) is 2.76. The van der Waals surface area contributed by atoms with E-state index < -0.39 is 0 Å². The third-order valence-corrected chi connectivity index (χ3v) is 5.02. The Labute approximate surface area is 137 Å². The quantitative estimate of drug-likeness (QED) is 0.878. The van der Waals surface area contributed by atoms with Crippen molar-refractivity contribution in [3.63, 3.8) is 0 Å². The van der Waals surface area contributed by atoms with Crippen molar-refractivity contribution in [2.24, 2.45) is 0 Å². The topological polar surface area (TPSA) is 47.3 Å². The molecule has 1 aromatic carbocycles. The first-order chi connectivity index (χ1) is 10.2. The van der Waals surface area contributed by atoms with Crippen LogP contribution in [-0.4, -0.2) is 28.1 Å². The molecule has 2 heterocycles. The summed E-state index contributed by atoms with van der Waals surface area (Å²) in [6.45, 7) is 0.950. The Morgan fingerprint density at radius 2 is 2.29 bits per heavy atom. The largest absolute Gasteiger partial charge is 0.396 e. The van der Waals surface area contributed by atoms with Crippen LogP contribution in [0.15, 0.2) is 16.6 Å². The molecule has 114 valence electrons. The van der Waals surface area contributed by atoms with E-state index >= 15 is 0 Å². The van der Waals surface area contributed by atoms with Gasteiger partial charge in [-0.15, -0.1) is 0 Å². The first-order valence-corrected chi connectivity index (χ1v) is 8.46. The summed E-state index contributed by atoms with van der Waals surface area (Å²) >= 11 is 9.72. The van der Waals surface area contributed by atoms with E-state index in [9.17, 15) is 0 Å². The van der Waals surface area contributed by atoms with E-state index in [2.05, 4.69) is 15.9 Å². The van der Waals surface area contributed by atoms with Crippen LogP contribution in [0.25, 0.3) is 10.9 Å². The molecular weight excluding hydrogens is 356 g/mol. The number of aliphatic hydroxyl groups excluding tert-OH is 1. The summed E-state index contributed by atoms with van der Waals surface area (Å²) in [7, 11) is 0. The van der Waals surface area contributed by atoms with Gasteiger partial charge in [-0.25, -0.2) is 4.68 Å². The second-order valence-electron chi connectivity index (χ2n) is 5.32. The van der Waals surface area contributed by atoms with Gasteiger partial charge in [0.05, 0.1) is 16.2 Å². The van der Waals surface area contributed by atoms with Gasteiger partial charge in [0.25, 0.3) is 0 Å². The number of benzene rings is 1. The van der Waals surface area contributed by atoms with Gasteiger partial charge in [0.2, 0.25) is 0 Å². The number of ether oxygens (including phenoxy) is 1. The van der Waals surface area contributed by atoms with Crippen LogP contribution in [0.1, 0.15) is 37.6 Å². The minimum atomic E-state index is -0.0126. The number of hydrogen-bond donors (Lipinski definition) is 1. The smallest absolute Gasteiger partial charge is 0.150 e. The lowest BCUT2D eigenvalue weighted by molar-refractivity contribution is -0.0368. The van der Waals surface area contributed by atoms with E-state index in [1.54, 1.807) is 0 Å². The van der Waals surface area contributed by atoms with Crippen molar-refractivity contribution in [1.82, 2.24) is 9.78 Å². The zero-order chi connectivity index (χ0) is 14.8. The van der Waals surface area contributed by atoms with Gasteiger partial charge in [-0.1, -0.05) is 11.6 Å². The predicted molar refractivity (Wildman–Crippen MR) is 86.7 cm³/mol. The summed E-state index contributed by atoms with van der Waals surface area (Å²) in [4.78, 5) is 0. The van der Waals surface area contributed by atoms with Crippen molar-refractivity contribution in [3.05, 3.63) is 27.3 Å². The highest BCUT2D eigenvalue weighted by molar-refractivity contribution is 9.10. The number of hydrogen-bond acceptors (Lipinski definition) is 3. The van der Waals surface area contributed by atoms with Gasteiger partial charge >= 0.3 is 0 Å². The third-order valence-electron chi connectivity index (χ3n) is 3.82. The van der Waals surface area contributed by atoms with E-state index in [1.165, 1.54) is 0 Å². The van der Waals surface area contributed by atoms with Gasteiger partial charge in [0, 0.05) is 23.1 Å². The number of nitrogens with zero attached hydrogens (tertiary/aromatic N) is 2. The Morgan fingerprint density at radius 3 is 3.00 bits per heavy atom. The van der Waals surface area contributed by atoms with Gasteiger partial charge in [0.15, 0.2) is 6.23 Å². The van der Waals surface area contributed by atoms with Gasteiger partial charge in [-0.2, -0.15) is 5.10 Å². The van der Waals surface area contributed by atoms with Gasteiger partial charge in [-0.3, -0.25) is 0 Å². The Hall–Kier alpha value is -0.620. The highest BCUT2D eigenvalue weighted by atomic mass is 79.9. The second kappa shape index (κ2) is 6.65. The van der Waals surface area contributed by atoms with Crippen LogP contribution in [0.3, 0.4) is 0 Å². The van der Waals surface area contributed by atoms with Crippen molar-refractivity contribution in [1.29, 1.82) is 0 Å². The van der Waals surface area contributed by atoms with Crippen LogP contribution in [-0.2, 0) is 11.2 Å². The molecule has 2 aromatic rings. The van der Waals surface area contributed by atoms with Crippen molar-refractivity contribution in [3.8, 4) is 0 Å². The molecule has 0 radical (unpaired) electrons. The first kappa shape index (κ1) is 15.3. The van der Waals surface area contributed by atoms with E-state index in [0.717, 1.165) is 53.4 Å². The Bertz CT molecular complexity index is 638. The first-order valence-electron chi connectivity index (χ1n) is 7.29. The molecule has 1 unspecified atom stereocenters. The molecular formula is C15H18BrClN2O2. The summed E-state index contributed by atoms with van der Waals surface area (Å²) in [6, 6.07) is 3.95. The SMILES string of the molecule is OCCCc1nn(C2CCCCO2)c2cc(Cl)c(Br)cc12. The minimum Gasteiger partial charge on any atom is -0.396 e. The highest BCUT2D eigenvalue weighted by Crippen LogP contribution is 2.33. The van der Waals surface area contributed by atoms with Crippen molar-refractivity contribution < 1.29 is 9.84 Å². The number of aromatic nitrogens is 2. The molecule has 1 aromatic heterocycles. The third kappa shape index (κ3) is 3.11. The number of halogens is 2. The predicted octanol–water partition coefficient (Wildman–Crippen LogP) is 4.08. The van der Waals surface area contributed by atoms with E-state index in [1.807, 2.05) is 16.8 Å². The molecule has 0 aliphatic carbocycles. The normalized spacial score (nSPS) is 19.3. The fourth-order valence-corrected chi connectivity index (χ4v) is 3.26. The Kier molecular flexibility index (Phi) is 4.84. The van der Waals surface area contributed by atoms with Crippen LogP contribution < -0.4 is 0 Å². The molecule has 1 N–H and O–H groups in total. The maximum absolute atomic E-state index is 9.06. The number of rotatable bonds is 4. The van der Waals surface area contributed by atoms with Crippen LogP contribution in [0.5, 0.6) is 0 Å². The molecule has 0 saturated carbocycles. The number of aliphatic hydroxyl groups is 1. The molecule has 0 spiro atoms. The molecule has 0 amide bonds. The van der Waals surface area contributed by atoms with Crippen LogP contribution in [0.4, 0.5) is 0 Å². The standard InChI is InChI=1S/C15H18BrClN2O2/c16-11-8-10-13(4-3-6-20)18-19(14(10)9-12(11)17)15-5-1-2-7-21-15/h8-9,15,20H,1-7H2. The van der Waals surface area contributed by atoms with Crippen LogP contribution in [0.2, 0.25) is 5.02 Å². The summed E-state index contributed by atoms with van der Waals surface area (Å²) in [5.74, 6) is 0. The monoisotopic (exact) mass is 372 g/mol. The average molecular weight is 374 g/mol. The fraction of sp³-hybridized carbons (Fsp3) is 0.533. The molecule has 1 atom stereocenters. The van der Waals surface area contributed by atoms with E-state index in [-0.39, 0.29) is 12.8 Å². The maximum Gasteiger partial charge on any atom is 0.150 e. The summed E-state index contributed by atoms with van der Waals surface area (Å²) < 4.78 is 8.68. The van der Waals surface area contributed by atoms with Gasteiger partial charge in [-0.05, 0) is 60.2 Å². The zero-order valence-electron chi connectivity index (χ0n) is 11.7. The Morgan fingerprint density at radius 1 is 1.43 bits per heavy atom. The van der Waals surface area contributed by atoms with E-state index in [4.69, 9.17) is 26.5 Å². The maximum atomic E-state index is 9.06. The van der Waals surface area contributed by atoms with Gasteiger partial charge in [0.1, 0.15) is 0 Å². The molecule has 4 nitrogen and oxygen atoms in total. The zero-order valence-corrected chi connectivity index (χ0v) is 14.0. The molecule has 1 aliphatic heterocycles. The molecule has 6 heteroatoms. The summed E-state index contributed by atoms with van der Waals surface area (Å²) in [5.41, 5.74) is 1.99. The number of fused-ring (bicyclic) bond motifs is 1. The summed E-state index contributed by atoms with van der Waals surface area (Å²) in [6.07, 6.45) is 4.69. The molecule has 21 heavy (non-hydrogen) atoms. The molecule has 1 saturated heterocycles. The van der Waals surface area contributed by atoms with Crippen molar-refractivity contribution in [2.75, 3.05) is 13.2 Å². The average Bonchev–Trinajstić information content (AvgIpc) is 2.84.